The predicted octanol–water partition coefficient (Wildman–Crippen LogP) is 4.59. The molecule has 1 saturated carbocycles. The van der Waals surface area contributed by atoms with Crippen LogP contribution in [0.25, 0.3) is 0 Å². The van der Waals surface area contributed by atoms with Crippen molar-refractivity contribution in [3.63, 3.8) is 0 Å². The van der Waals surface area contributed by atoms with Crippen LogP contribution in [0.3, 0.4) is 0 Å². The van der Waals surface area contributed by atoms with E-state index in [0.717, 1.165) is 47.4 Å². The lowest BCUT2D eigenvalue weighted by molar-refractivity contribution is -0.140. The molecule has 0 bridgehead atoms. The van der Waals surface area contributed by atoms with E-state index in [1.165, 1.54) is 4.90 Å². The largest absolute Gasteiger partial charge is 0.352 e. The Bertz CT molecular complexity index is 1180. The Kier molecular flexibility index (Phi) is 9.41. The first-order chi connectivity index (χ1) is 17.0. The maximum Gasteiger partial charge on any atom is 0.244 e. The molecule has 2 aromatic rings. The summed E-state index contributed by atoms with van der Waals surface area (Å²) >= 11 is 6.25. The van der Waals surface area contributed by atoms with Gasteiger partial charge in [-0.25, -0.2) is 8.42 Å². The number of hydrogen-bond acceptors (Lipinski definition) is 4. The summed E-state index contributed by atoms with van der Waals surface area (Å²) in [5.41, 5.74) is 2.86. The van der Waals surface area contributed by atoms with Gasteiger partial charge in [0.1, 0.15) is 12.6 Å². The molecule has 0 radical (unpaired) electrons. The van der Waals surface area contributed by atoms with Crippen LogP contribution in [0.4, 0.5) is 5.69 Å². The molecule has 196 valence electrons. The minimum atomic E-state index is -3.81. The lowest BCUT2D eigenvalue weighted by Crippen LogP contribution is -2.53. The van der Waals surface area contributed by atoms with Crippen LogP contribution in [0.2, 0.25) is 5.02 Å². The van der Waals surface area contributed by atoms with Gasteiger partial charge in [-0.3, -0.25) is 13.9 Å². The van der Waals surface area contributed by atoms with Gasteiger partial charge in [0.2, 0.25) is 21.8 Å². The summed E-state index contributed by atoms with van der Waals surface area (Å²) < 4.78 is 26.6. The highest BCUT2D eigenvalue weighted by molar-refractivity contribution is 7.92. The molecular formula is C27H36ClN3O4S. The molecule has 36 heavy (non-hydrogen) atoms. The zero-order valence-corrected chi connectivity index (χ0v) is 23.0. The number of rotatable bonds is 10. The molecule has 0 unspecified atom stereocenters. The van der Waals surface area contributed by atoms with Crippen LogP contribution in [0.1, 0.15) is 55.7 Å². The second kappa shape index (κ2) is 12.1. The van der Waals surface area contributed by atoms with Crippen molar-refractivity contribution in [3.8, 4) is 0 Å². The minimum Gasteiger partial charge on any atom is -0.352 e. The number of aryl methyl sites for hydroxylation is 1. The van der Waals surface area contributed by atoms with Crippen LogP contribution in [-0.4, -0.2) is 50.0 Å². The van der Waals surface area contributed by atoms with E-state index < -0.39 is 28.5 Å². The topological polar surface area (TPSA) is 86.8 Å². The van der Waals surface area contributed by atoms with Gasteiger partial charge in [0.15, 0.2) is 0 Å². The van der Waals surface area contributed by atoms with Gasteiger partial charge in [-0.2, -0.15) is 0 Å². The molecular weight excluding hydrogens is 498 g/mol. The van der Waals surface area contributed by atoms with Crippen molar-refractivity contribution in [1.29, 1.82) is 0 Å². The Morgan fingerprint density at radius 1 is 1.08 bits per heavy atom. The van der Waals surface area contributed by atoms with Crippen LogP contribution in [0, 0.1) is 13.8 Å². The van der Waals surface area contributed by atoms with Gasteiger partial charge < -0.3 is 10.2 Å². The summed E-state index contributed by atoms with van der Waals surface area (Å²) in [5, 5.41) is 3.52. The zero-order valence-electron chi connectivity index (χ0n) is 21.5. The normalized spacial score (nSPS) is 14.9. The molecule has 1 fully saturated rings. The van der Waals surface area contributed by atoms with E-state index in [0.29, 0.717) is 22.7 Å². The third kappa shape index (κ3) is 7.01. The van der Waals surface area contributed by atoms with Gasteiger partial charge in [-0.15, -0.1) is 0 Å². The van der Waals surface area contributed by atoms with Crippen molar-refractivity contribution in [3.05, 3.63) is 64.2 Å². The van der Waals surface area contributed by atoms with E-state index in [1.807, 2.05) is 38.1 Å². The smallest absolute Gasteiger partial charge is 0.244 e. The quantitative estimate of drug-likeness (QED) is 0.484. The van der Waals surface area contributed by atoms with Crippen molar-refractivity contribution in [2.24, 2.45) is 0 Å². The number of amides is 2. The second-order valence-corrected chi connectivity index (χ2v) is 11.9. The predicted molar refractivity (Wildman–Crippen MR) is 145 cm³/mol. The number of hydrogen-bond donors (Lipinski definition) is 1. The molecule has 1 aliphatic rings. The molecule has 0 aromatic heterocycles. The lowest BCUT2D eigenvalue weighted by Gasteiger charge is -2.33. The van der Waals surface area contributed by atoms with E-state index in [-0.39, 0.29) is 18.5 Å². The van der Waals surface area contributed by atoms with E-state index in [4.69, 9.17) is 11.6 Å². The van der Waals surface area contributed by atoms with Crippen molar-refractivity contribution < 1.29 is 18.0 Å². The number of sulfonamides is 1. The Labute approximate surface area is 219 Å². The molecule has 0 saturated heterocycles. The highest BCUT2D eigenvalue weighted by Gasteiger charge is 2.33. The highest BCUT2D eigenvalue weighted by Crippen LogP contribution is 2.28. The Balaban J connectivity index is 1.94. The first-order valence-corrected chi connectivity index (χ1v) is 14.6. The van der Waals surface area contributed by atoms with Gasteiger partial charge in [-0.1, -0.05) is 67.3 Å². The van der Waals surface area contributed by atoms with Gasteiger partial charge in [0.25, 0.3) is 0 Å². The minimum absolute atomic E-state index is 0.115. The van der Waals surface area contributed by atoms with Crippen molar-refractivity contribution in [1.82, 2.24) is 10.2 Å². The van der Waals surface area contributed by atoms with E-state index >= 15 is 0 Å². The summed E-state index contributed by atoms with van der Waals surface area (Å²) in [6.45, 7) is 5.33. The number of carbonyl (C=O) groups is 2. The standard InChI is InChI=1S/C27H36ClN3O4S/c1-5-24(27(33)29-22-9-6-7-10-22)30(17-21-15-13-19(2)14-16-21)26(32)18-31(36(4,34)35)25-12-8-11-23(28)20(25)3/h8,11-16,22,24H,5-7,9-10,17-18H2,1-4H3,(H,29,33)/t24-/m0/s1. The van der Waals surface area contributed by atoms with Gasteiger partial charge in [-0.05, 0) is 56.4 Å². The average molecular weight is 534 g/mol. The molecule has 3 rings (SSSR count). The summed E-state index contributed by atoms with van der Waals surface area (Å²) in [5.74, 6) is -0.650. The fraction of sp³-hybridized carbons (Fsp3) is 0.481. The van der Waals surface area contributed by atoms with Crippen LogP contribution in [-0.2, 0) is 26.2 Å². The fourth-order valence-corrected chi connectivity index (χ4v) is 5.71. The molecule has 1 N–H and O–H groups in total. The summed E-state index contributed by atoms with van der Waals surface area (Å²) in [7, 11) is -3.81. The van der Waals surface area contributed by atoms with Crippen molar-refractivity contribution in [2.75, 3.05) is 17.1 Å². The average Bonchev–Trinajstić information content (AvgIpc) is 3.33. The van der Waals surface area contributed by atoms with E-state index in [2.05, 4.69) is 5.32 Å². The monoisotopic (exact) mass is 533 g/mol. The number of anilines is 1. The maximum absolute atomic E-state index is 13.8. The Morgan fingerprint density at radius 3 is 2.31 bits per heavy atom. The summed E-state index contributed by atoms with van der Waals surface area (Å²) in [4.78, 5) is 28.6. The second-order valence-electron chi connectivity index (χ2n) is 9.57. The van der Waals surface area contributed by atoms with Crippen LogP contribution >= 0.6 is 11.6 Å². The Morgan fingerprint density at radius 2 is 1.72 bits per heavy atom. The third-order valence-corrected chi connectivity index (χ3v) is 8.28. The molecule has 1 atom stereocenters. The highest BCUT2D eigenvalue weighted by atomic mass is 35.5. The number of nitrogens with one attached hydrogen (secondary N) is 1. The Hall–Kier alpha value is -2.58. The first kappa shape index (κ1) is 28.0. The number of benzene rings is 2. The van der Waals surface area contributed by atoms with Crippen LogP contribution in [0.15, 0.2) is 42.5 Å². The van der Waals surface area contributed by atoms with Crippen molar-refractivity contribution >= 4 is 39.1 Å². The van der Waals surface area contributed by atoms with Gasteiger partial charge >= 0.3 is 0 Å². The molecule has 2 amide bonds. The van der Waals surface area contributed by atoms with Crippen LogP contribution < -0.4 is 9.62 Å². The molecule has 0 spiro atoms. The molecule has 9 heteroatoms. The molecule has 2 aromatic carbocycles. The fourth-order valence-electron chi connectivity index (χ4n) is 4.64. The molecule has 7 nitrogen and oxygen atoms in total. The number of halogens is 1. The van der Waals surface area contributed by atoms with E-state index in [1.54, 1.807) is 25.1 Å². The van der Waals surface area contributed by atoms with Crippen molar-refractivity contribution in [2.45, 2.75) is 71.5 Å². The van der Waals surface area contributed by atoms with Crippen LogP contribution in [0.5, 0.6) is 0 Å². The van der Waals surface area contributed by atoms with Gasteiger partial charge in [0.05, 0.1) is 11.9 Å². The number of carbonyl (C=O) groups excluding carboxylic acids is 2. The number of nitrogens with zero attached hydrogens (tertiary/aromatic N) is 2. The molecule has 0 aliphatic heterocycles. The summed E-state index contributed by atoms with van der Waals surface area (Å²) in [6, 6.07) is 12.1. The first-order valence-electron chi connectivity index (χ1n) is 12.4. The van der Waals surface area contributed by atoms with E-state index in [9.17, 15) is 18.0 Å². The molecule has 1 aliphatic carbocycles. The maximum atomic E-state index is 13.8. The third-order valence-electron chi connectivity index (χ3n) is 6.75. The molecule has 0 heterocycles. The zero-order chi connectivity index (χ0) is 26.5. The lowest BCUT2D eigenvalue weighted by atomic mass is 10.1. The summed E-state index contributed by atoms with van der Waals surface area (Å²) in [6.07, 6.45) is 5.50. The van der Waals surface area contributed by atoms with Gasteiger partial charge in [0, 0.05) is 17.6 Å². The SMILES string of the molecule is CC[C@@H](C(=O)NC1CCCC1)N(Cc1ccc(C)cc1)C(=O)CN(c1cccc(Cl)c1C)S(C)(=O)=O.